The summed E-state index contributed by atoms with van der Waals surface area (Å²) in [5, 5.41) is 0. The van der Waals surface area contributed by atoms with Crippen LogP contribution in [0.25, 0.3) is 0 Å². The molecule has 1 saturated heterocycles. The lowest BCUT2D eigenvalue weighted by molar-refractivity contribution is -0.167. The Balaban J connectivity index is 2.70. The van der Waals surface area contributed by atoms with Gasteiger partial charge in [0.2, 0.25) is 0 Å². The molecule has 11 heavy (non-hydrogen) atoms. The van der Waals surface area contributed by atoms with E-state index in [1.165, 1.54) is 0 Å². The van der Waals surface area contributed by atoms with Crippen LogP contribution in [-0.2, 0) is 9.53 Å². The number of hydrogen-bond donors (Lipinski definition) is 0. The lowest BCUT2D eigenvalue weighted by atomic mass is 9.80. The molecule has 1 fully saturated rings. The summed E-state index contributed by atoms with van der Waals surface area (Å²) < 4.78 is 5.14. The summed E-state index contributed by atoms with van der Waals surface area (Å²) in [4.78, 5) is 11.1. The van der Waals surface area contributed by atoms with Crippen molar-refractivity contribution in [1.82, 2.24) is 0 Å². The summed E-state index contributed by atoms with van der Waals surface area (Å²) in [7, 11) is 0. The van der Waals surface area contributed by atoms with Gasteiger partial charge in [0, 0.05) is 0 Å². The molecule has 0 aromatic rings. The second-order valence-corrected chi connectivity index (χ2v) is 3.65. The Kier molecular flexibility index (Phi) is 2.21. The fourth-order valence-electron chi connectivity index (χ4n) is 1.50. The zero-order valence-corrected chi connectivity index (χ0v) is 7.63. The predicted molar refractivity (Wildman–Crippen MR) is 43.0 cm³/mol. The molecule has 1 rings (SSSR count). The molecule has 0 amide bonds. The van der Waals surface area contributed by atoms with E-state index in [1.807, 2.05) is 13.8 Å². The maximum atomic E-state index is 11.1. The van der Waals surface area contributed by atoms with Gasteiger partial charge in [-0.05, 0) is 18.8 Å². The Hall–Kier alpha value is -0.530. The molecule has 0 radical (unpaired) electrons. The fourth-order valence-corrected chi connectivity index (χ4v) is 1.50. The summed E-state index contributed by atoms with van der Waals surface area (Å²) in [6.45, 7) is 8.16. The van der Waals surface area contributed by atoms with E-state index in [1.54, 1.807) is 0 Å². The van der Waals surface area contributed by atoms with Crippen LogP contribution in [0, 0.1) is 17.8 Å². The minimum absolute atomic E-state index is 0.0388. The van der Waals surface area contributed by atoms with Crippen LogP contribution in [0.15, 0.2) is 0 Å². The number of esters is 1. The monoisotopic (exact) mass is 156 g/mol. The lowest BCUT2D eigenvalue weighted by Crippen LogP contribution is -2.40. The van der Waals surface area contributed by atoms with Gasteiger partial charge < -0.3 is 4.74 Å². The molecule has 1 aliphatic heterocycles. The van der Waals surface area contributed by atoms with Crippen LogP contribution in [-0.4, -0.2) is 12.1 Å². The van der Waals surface area contributed by atoms with Crippen LogP contribution in [0.4, 0.5) is 0 Å². The normalized spacial score (nSPS) is 45.3. The van der Waals surface area contributed by atoms with Crippen LogP contribution in [0.2, 0.25) is 0 Å². The topological polar surface area (TPSA) is 26.3 Å². The van der Waals surface area contributed by atoms with Gasteiger partial charge in [-0.3, -0.25) is 4.79 Å². The van der Waals surface area contributed by atoms with E-state index in [4.69, 9.17) is 4.74 Å². The third-order valence-corrected chi connectivity index (χ3v) is 3.03. The van der Waals surface area contributed by atoms with Gasteiger partial charge in [-0.25, -0.2) is 0 Å². The van der Waals surface area contributed by atoms with E-state index in [9.17, 15) is 4.79 Å². The Morgan fingerprint density at radius 2 is 1.64 bits per heavy atom. The lowest BCUT2D eigenvalue weighted by Gasteiger charge is -2.35. The van der Waals surface area contributed by atoms with Crippen molar-refractivity contribution in [2.75, 3.05) is 0 Å². The number of cyclic esters (lactones) is 1. The molecule has 4 unspecified atom stereocenters. The average Bonchev–Trinajstić information content (AvgIpc) is 1.97. The van der Waals surface area contributed by atoms with Crippen molar-refractivity contribution in [2.45, 2.75) is 33.8 Å². The van der Waals surface area contributed by atoms with Gasteiger partial charge in [-0.1, -0.05) is 20.8 Å². The molecule has 0 aromatic heterocycles. The molecule has 4 atom stereocenters. The number of rotatable bonds is 0. The van der Waals surface area contributed by atoms with E-state index in [0.29, 0.717) is 11.8 Å². The third kappa shape index (κ3) is 1.39. The largest absolute Gasteiger partial charge is 0.462 e. The van der Waals surface area contributed by atoms with Crippen LogP contribution in [0.5, 0.6) is 0 Å². The Morgan fingerprint density at radius 3 is 2.18 bits per heavy atom. The molecule has 0 N–H and O–H groups in total. The maximum Gasteiger partial charge on any atom is 0.309 e. The van der Waals surface area contributed by atoms with Crippen molar-refractivity contribution in [1.29, 1.82) is 0 Å². The zero-order chi connectivity index (χ0) is 8.59. The van der Waals surface area contributed by atoms with E-state index >= 15 is 0 Å². The van der Waals surface area contributed by atoms with E-state index in [2.05, 4.69) is 13.8 Å². The highest BCUT2D eigenvalue weighted by molar-refractivity contribution is 5.73. The van der Waals surface area contributed by atoms with Gasteiger partial charge in [0.05, 0.1) is 5.92 Å². The van der Waals surface area contributed by atoms with Gasteiger partial charge in [-0.2, -0.15) is 0 Å². The summed E-state index contributed by atoms with van der Waals surface area (Å²) in [6.07, 6.45) is 0.0914. The van der Waals surface area contributed by atoms with Crippen molar-refractivity contribution >= 4 is 5.97 Å². The first-order valence-electron chi connectivity index (χ1n) is 4.24. The summed E-state index contributed by atoms with van der Waals surface area (Å²) in [5.41, 5.74) is 0. The molecule has 2 heteroatoms. The molecule has 0 aliphatic carbocycles. The fraction of sp³-hybridized carbons (Fsp3) is 0.889. The standard InChI is InChI=1S/C9H16O2/c1-5-6(2)8(4)11-9(10)7(5)3/h5-8H,1-4H3. The zero-order valence-electron chi connectivity index (χ0n) is 7.63. The van der Waals surface area contributed by atoms with Gasteiger partial charge in [0.1, 0.15) is 6.10 Å². The van der Waals surface area contributed by atoms with Crippen molar-refractivity contribution < 1.29 is 9.53 Å². The Bertz CT molecular complexity index is 165. The molecule has 0 saturated carbocycles. The molecule has 1 heterocycles. The second kappa shape index (κ2) is 2.84. The number of carbonyl (C=O) groups excluding carboxylic acids is 1. The molecule has 0 bridgehead atoms. The molecular weight excluding hydrogens is 140 g/mol. The van der Waals surface area contributed by atoms with Crippen LogP contribution < -0.4 is 0 Å². The number of hydrogen-bond acceptors (Lipinski definition) is 2. The SMILES string of the molecule is CC1OC(=O)C(C)C(C)C1C. The molecule has 64 valence electrons. The minimum atomic E-state index is -0.0388. The van der Waals surface area contributed by atoms with Gasteiger partial charge in [0.25, 0.3) is 0 Å². The molecule has 0 spiro atoms. The highest BCUT2D eigenvalue weighted by Crippen LogP contribution is 2.30. The molecule has 1 aliphatic rings. The van der Waals surface area contributed by atoms with Crippen molar-refractivity contribution in [2.24, 2.45) is 17.8 Å². The van der Waals surface area contributed by atoms with Crippen LogP contribution >= 0.6 is 0 Å². The first kappa shape index (κ1) is 8.57. The van der Waals surface area contributed by atoms with Gasteiger partial charge in [0.15, 0.2) is 0 Å². The van der Waals surface area contributed by atoms with E-state index in [0.717, 1.165) is 0 Å². The third-order valence-electron chi connectivity index (χ3n) is 3.03. The Morgan fingerprint density at radius 1 is 1.09 bits per heavy atom. The molecule has 2 nitrogen and oxygen atoms in total. The predicted octanol–water partition coefficient (Wildman–Crippen LogP) is 1.84. The highest BCUT2D eigenvalue weighted by Gasteiger charge is 2.36. The molecular formula is C9H16O2. The average molecular weight is 156 g/mol. The Labute approximate surface area is 67.9 Å². The second-order valence-electron chi connectivity index (χ2n) is 3.65. The first-order chi connectivity index (χ1) is 5.04. The van der Waals surface area contributed by atoms with Gasteiger partial charge in [-0.15, -0.1) is 0 Å². The van der Waals surface area contributed by atoms with E-state index < -0.39 is 0 Å². The smallest absolute Gasteiger partial charge is 0.309 e. The maximum absolute atomic E-state index is 11.1. The highest BCUT2D eigenvalue weighted by atomic mass is 16.5. The van der Waals surface area contributed by atoms with Crippen LogP contribution in [0.1, 0.15) is 27.7 Å². The first-order valence-corrected chi connectivity index (χ1v) is 4.24. The summed E-state index contributed by atoms with van der Waals surface area (Å²) in [5.74, 6) is 0.971. The van der Waals surface area contributed by atoms with E-state index in [-0.39, 0.29) is 18.0 Å². The van der Waals surface area contributed by atoms with Crippen molar-refractivity contribution in [3.05, 3.63) is 0 Å². The van der Waals surface area contributed by atoms with Gasteiger partial charge >= 0.3 is 5.97 Å². The quantitative estimate of drug-likeness (QED) is 0.500. The van der Waals surface area contributed by atoms with Crippen LogP contribution in [0.3, 0.4) is 0 Å². The van der Waals surface area contributed by atoms with Crippen molar-refractivity contribution in [3.63, 3.8) is 0 Å². The minimum Gasteiger partial charge on any atom is -0.462 e. The number of carbonyl (C=O) groups is 1. The number of ether oxygens (including phenoxy) is 1. The summed E-state index contributed by atoms with van der Waals surface area (Å²) >= 11 is 0. The summed E-state index contributed by atoms with van der Waals surface area (Å²) in [6, 6.07) is 0. The van der Waals surface area contributed by atoms with Crippen molar-refractivity contribution in [3.8, 4) is 0 Å². The molecule has 0 aromatic carbocycles.